The van der Waals surface area contributed by atoms with Gasteiger partial charge in [0.05, 0.1) is 6.33 Å². The predicted octanol–water partition coefficient (Wildman–Crippen LogP) is 1.15. The third-order valence-corrected chi connectivity index (χ3v) is 1.59. The van der Waals surface area contributed by atoms with Gasteiger partial charge in [-0.2, -0.15) is 0 Å². The van der Waals surface area contributed by atoms with Gasteiger partial charge >= 0.3 is 0 Å². The Hall–Kier alpha value is -1.58. The van der Waals surface area contributed by atoms with E-state index in [0.717, 1.165) is 6.42 Å². The molecule has 0 aliphatic heterocycles. The lowest BCUT2D eigenvalue weighted by molar-refractivity contribution is 0.805. The molecule has 0 aliphatic rings. The lowest BCUT2D eigenvalue weighted by Crippen LogP contribution is -2.17. The largest absolute Gasteiger partial charge is 0.367 e. The Morgan fingerprint density at radius 3 is 3.23 bits per heavy atom. The minimum absolute atomic E-state index is 0.150. The van der Waals surface area contributed by atoms with Crippen LogP contribution in [0.4, 0.5) is 5.82 Å². The van der Waals surface area contributed by atoms with E-state index in [4.69, 9.17) is 0 Å². The van der Waals surface area contributed by atoms with Crippen LogP contribution in [0.2, 0.25) is 0 Å². The number of anilines is 1. The van der Waals surface area contributed by atoms with Crippen LogP contribution in [-0.4, -0.2) is 16.0 Å². The second kappa shape index (κ2) is 4.45. The van der Waals surface area contributed by atoms with Crippen LogP contribution in [0.15, 0.2) is 29.8 Å². The van der Waals surface area contributed by atoms with E-state index in [2.05, 4.69) is 21.9 Å². The van der Waals surface area contributed by atoms with Crippen molar-refractivity contribution in [1.29, 1.82) is 0 Å². The molecule has 0 aromatic carbocycles. The molecule has 1 unspecified atom stereocenters. The highest BCUT2D eigenvalue weighted by Crippen LogP contribution is 2.01. The van der Waals surface area contributed by atoms with Crippen LogP contribution in [0.3, 0.4) is 0 Å². The number of hydrogen-bond acceptors (Lipinski definition) is 3. The number of aromatic amines is 1. The molecule has 4 heteroatoms. The number of rotatable bonds is 4. The Morgan fingerprint density at radius 2 is 2.62 bits per heavy atom. The van der Waals surface area contributed by atoms with E-state index in [1.807, 2.05) is 13.0 Å². The Labute approximate surface area is 76.7 Å². The van der Waals surface area contributed by atoms with E-state index in [0.29, 0.717) is 5.82 Å². The summed E-state index contributed by atoms with van der Waals surface area (Å²) in [5.74, 6) is 0.595. The van der Waals surface area contributed by atoms with Crippen molar-refractivity contribution in [3.8, 4) is 0 Å². The second-order valence-electron chi connectivity index (χ2n) is 2.87. The Balaban J connectivity index is 2.63. The van der Waals surface area contributed by atoms with Gasteiger partial charge in [-0.05, 0) is 13.3 Å². The minimum Gasteiger partial charge on any atom is -0.367 e. The predicted molar refractivity (Wildman–Crippen MR) is 52.8 cm³/mol. The maximum Gasteiger partial charge on any atom is 0.252 e. The zero-order chi connectivity index (χ0) is 9.68. The van der Waals surface area contributed by atoms with Crippen molar-refractivity contribution in [2.24, 2.45) is 0 Å². The van der Waals surface area contributed by atoms with Crippen LogP contribution >= 0.6 is 0 Å². The molecule has 0 fully saturated rings. The van der Waals surface area contributed by atoms with Crippen LogP contribution < -0.4 is 10.9 Å². The molecule has 1 aromatic heterocycles. The van der Waals surface area contributed by atoms with Gasteiger partial charge in [0.1, 0.15) is 5.82 Å². The Bertz CT molecular complexity index is 332. The van der Waals surface area contributed by atoms with E-state index in [9.17, 15) is 4.79 Å². The fourth-order valence-electron chi connectivity index (χ4n) is 1.01. The molecule has 1 heterocycles. The maximum absolute atomic E-state index is 10.9. The van der Waals surface area contributed by atoms with Crippen molar-refractivity contribution < 1.29 is 0 Å². The van der Waals surface area contributed by atoms with Gasteiger partial charge in [0, 0.05) is 12.1 Å². The topological polar surface area (TPSA) is 57.8 Å². The highest BCUT2D eigenvalue weighted by Gasteiger charge is 1.99. The second-order valence-corrected chi connectivity index (χ2v) is 2.87. The fraction of sp³-hybridized carbons (Fsp3) is 0.333. The zero-order valence-corrected chi connectivity index (χ0v) is 7.58. The molecule has 0 saturated heterocycles. The first-order valence-electron chi connectivity index (χ1n) is 4.14. The summed E-state index contributed by atoms with van der Waals surface area (Å²) in [6.07, 6.45) is 4.05. The van der Waals surface area contributed by atoms with Crippen molar-refractivity contribution in [2.45, 2.75) is 19.4 Å². The third-order valence-electron chi connectivity index (χ3n) is 1.59. The summed E-state index contributed by atoms with van der Waals surface area (Å²) in [5.41, 5.74) is -0.150. The number of nitrogens with zero attached hydrogens (tertiary/aromatic N) is 1. The zero-order valence-electron chi connectivity index (χ0n) is 7.58. The van der Waals surface area contributed by atoms with Crippen molar-refractivity contribution in [3.05, 3.63) is 35.4 Å². The third kappa shape index (κ3) is 3.11. The van der Waals surface area contributed by atoms with Crippen molar-refractivity contribution in [2.75, 3.05) is 5.32 Å². The quantitative estimate of drug-likeness (QED) is 0.681. The molecule has 0 saturated carbocycles. The molecular formula is C9H13N3O. The first kappa shape index (κ1) is 9.51. The maximum atomic E-state index is 10.9. The minimum atomic E-state index is -0.150. The van der Waals surface area contributed by atoms with Crippen molar-refractivity contribution in [3.63, 3.8) is 0 Å². The Morgan fingerprint density at radius 1 is 1.85 bits per heavy atom. The van der Waals surface area contributed by atoms with Crippen LogP contribution in [-0.2, 0) is 0 Å². The molecule has 0 spiro atoms. The van der Waals surface area contributed by atoms with Gasteiger partial charge < -0.3 is 10.3 Å². The van der Waals surface area contributed by atoms with Crippen LogP contribution in [0.1, 0.15) is 13.3 Å². The van der Waals surface area contributed by atoms with Gasteiger partial charge in [0.15, 0.2) is 0 Å². The molecule has 13 heavy (non-hydrogen) atoms. The molecule has 4 nitrogen and oxygen atoms in total. The van der Waals surface area contributed by atoms with Gasteiger partial charge in [-0.25, -0.2) is 4.98 Å². The molecule has 2 N–H and O–H groups in total. The van der Waals surface area contributed by atoms with Gasteiger partial charge in [0.25, 0.3) is 5.56 Å². The first-order chi connectivity index (χ1) is 6.22. The fourth-order valence-corrected chi connectivity index (χ4v) is 1.01. The van der Waals surface area contributed by atoms with Gasteiger partial charge in [0.2, 0.25) is 0 Å². The molecular weight excluding hydrogens is 166 g/mol. The average Bonchev–Trinajstić information content (AvgIpc) is 2.04. The van der Waals surface area contributed by atoms with Gasteiger partial charge in [-0.3, -0.25) is 4.79 Å². The van der Waals surface area contributed by atoms with Gasteiger partial charge in [-0.1, -0.05) is 6.08 Å². The molecule has 0 aliphatic carbocycles. The van der Waals surface area contributed by atoms with E-state index in [1.54, 1.807) is 0 Å². The number of hydrogen-bond donors (Lipinski definition) is 2. The number of nitrogens with one attached hydrogen (secondary N) is 2. The number of H-pyrrole nitrogens is 1. The summed E-state index contributed by atoms with van der Waals surface area (Å²) < 4.78 is 0. The molecule has 0 bridgehead atoms. The van der Waals surface area contributed by atoms with Crippen LogP contribution in [0, 0.1) is 0 Å². The summed E-state index contributed by atoms with van der Waals surface area (Å²) in [7, 11) is 0. The van der Waals surface area contributed by atoms with Crippen LogP contribution in [0.25, 0.3) is 0 Å². The summed E-state index contributed by atoms with van der Waals surface area (Å²) in [6.45, 7) is 5.64. The summed E-state index contributed by atoms with van der Waals surface area (Å²) >= 11 is 0. The van der Waals surface area contributed by atoms with Crippen molar-refractivity contribution >= 4 is 5.82 Å². The van der Waals surface area contributed by atoms with E-state index < -0.39 is 0 Å². The highest BCUT2D eigenvalue weighted by molar-refractivity contribution is 5.32. The van der Waals surface area contributed by atoms with Gasteiger partial charge in [-0.15, -0.1) is 6.58 Å². The first-order valence-corrected chi connectivity index (χ1v) is 4.14. The molecule has 1 rings (SSSR count). The van der Waals surface area contributed by atoms with E-state index >= 15 is 0 Å². The number of aromatic nitrogens is 2. The van der Waals surface area contributed by atoms with E-state index in [-0.39, 0.29) is 11.6 Å². The monoisotopic (exact) mass is 179 g/mol. The van der Waals surface area contributed by atoms with Crippen molar-refractivity contribution in [1.82, 2.24) is 9.97 Å². The molecule has 0 amide bonds. The molecule has 70 valence electrons. The molecule has 1 aromatic rings. The SMILES string of the molecule is C=CCC(C)Nc1cc(=O)[nH]cn1. The summed E-state index contributed by atoms with van der Waals surface area (Å²) in [5, 5.41) is 3.08. The van der Waals surface area contributed by atoms with Crippen LogP contribution in [0.5, 0.6) is 0 Å². The average molecular weight is 179 g/mol. The normalized spacial score (nSPS) is 12.1. The smallest absolute Gasteiger partial charge is 0.252 e. The Kier molecular flexibility index (Phi) is 3.25. The standard InChI is InChI=1S/C9H13N3O/c1-3-4-7(2)12-8-5-9(13)11-6-10-8/h3,5-7H,1,4H2,2H3,(H2,10,11,12,13). The van der Waals surface area contributed by atoms with E-state index in [1.165, 1.54) is 12.4 Å². The molecule has 0 radical (unpaired) electrons. The lowest BCUT2D eigenvalue weighted by atomic mass is 10.2. The highest BCUT2D eigenvalue weighted by atomic mass is 16.1. The summed E-state index contributed by atoms with van der Waals surface area (Å²) in [6, 6.07) is 1.67. The molecule has 1 atom stereocenters. The summed E-state index contributed by atoms with van der Waals surface area (Å²) in [4.78, 5) is 17.3. The lowest BCUT2D eigenvalue weighted by Gasteiger charge is -2.10.